The van der Waals surface area contributed by atoms with E-state index in [2.05, 4.69) is 0 Å². The third-order valence-electron chi connectivity index (χ3n) is 5.99. The van der Waals surface area contributed by atoms with Gasteiger partial charge in [0.15, 0.2) is 11.5 Å². The molecule has 1 amide bonds. The molecule has 1 saturated heterocycles. The maximum absolute atomic E-state index is 13.0. The predicted molar refractivity (Wildman–Crippen MR) is 124 cm³/mol. The topological polar surface area (TPSA) is 76.2 Å². The molecule has 2 heterocycles. The van der Waals surface area contributed by atoms with Crippen molar-refractivity contribution in [3.05, 3.63) is 53.6 Å². The highest BCUT2D eigenvalue weighted by molar-refractivity contribution is 7.89. The van der Waals surface area contributed by atoms with E-state index in [1.165, 1.54) is 6.08 Å². The van der Waals surface area contributed by atoms with Crippen molar-refractivity contribution in [2.75, 3.05) is 38.8 Å². The van der Waals surface area contributed by atoms with Gasteiger partial charge in [-0.05, 0) is 66.8 Å². The third-order valence-corrected chi connectivity index (χ3v) is 7.89. The van der Waals surface area contributed by atoms with Gasteiger partial charge in [-0.3, -0.25) is 4.79 Å². The number of methoxy groups -OCH3 is 2. The fourth-order valence-electron chi connectivity index (χ4n) is 4.24. The maximum Gasteiger partial charge on any atom is 0.251 e. The van der Waals surface area contributed by atoms with Crippen molar-refractivity contribution >= 4 is 27.7 Å². The molecule has 2 aromatic carbocycles. The minimum Gasteiger partial charge on any atom is -0.493 e. The summed E-state index contributed by atoms with van der Waals surface area (Å²) in [5, 5.41) is 0. The Morgan fingerprint density at radius 2 is 1.69 bits per heavy atom. The normalized spacial score (nSPS) is 16.9. The Bertz CT molecular complexity index is 1140. The van der Waals surface area contributed by atoms with Crippen LogP contribution in [0.3, 0.4) is 0 Å². The molecule has 7 nitrogen and oxygen atoms in total. The summed E-state index contributed by atoms with van der Waals surface area (Å²) in [6.45, 7) is 1.67. The Balaban J connectivity index is 1.51. The molecule has 4 rings (SSSR count). The Morgan fingerprint density at radius 3 is 2.41 bits per heavy atom. The summed E-state index contributed by atoms with van der Waals surface area (Å²) < 4.78 is 38.1. The highest BCUT2D eigenvalue weighted by Crippen LogP contribution is 2.32. The second-order valence-electron chi connectivity index (χ2n) is 7.94. The summed E-state index contributed by atoms with van der Waals surface area (Å²) in [7, 11) is -0.345. The number of carbonyl (C=O) groups is 1. The first-order chi connectivity index (χ1) is 15.4. The van der Waals surface area contributed by atoms with Gasteiger partial charge in [-0.15, -0.1) is 0 Å². The van der Waals surface area contributed by atoms with Crippen LogP contribution in [0.25, 0.3) is 6.08 Å². The number of anilines is 1. The average molecular weight is 457 g/mol. The molecule has 170 valence electrons. The summed E-state index contributed by atoms with van der Waals surface area (Å²) in [5.41, 5.74) is 2.47. The quantitative estimate of drug-likeness (QED) is 0.622. The molecule has 0 radical (unpaired) electrons. The number of carbonyl (C=O) groups excluding carboxylic acids is 1. The van der Waals surface area contributed by atoms with Crippen molar-refractivity contribution < 1.29 is 22.7 Å². The number of ether oxygens (including phenoxy) is 2. The van der Waals surface area contributed by atoms with Gasteiger partial charge in [-0.25, -0.2) is 8.42 Å². The van der Waals surface area contributed by atoms with Crippen LogP contribution in [-0.4, -0.2) is 52.5 Å². The molecular formula is C24H28N2O5S. The summed E-state index contributed by atoms with van der Waals surface area (Å²) in [6.07, 6.45) is 6.77. The summed E-state index contributed by atoms with van der Waals surface area (Å²) in [6, 6.07) is 10.5. The van der Waals surface area contributed by atoms with Gasteiger partial charge < -0.3 is 14.4 Å². The van der Waals surface area contributed by atoms with Gasteiger partial charge in [0.2, 0.25) is 10.0 Å². The fourth-order valence-corrected chi connectivity index (χ4v) is 5.80. The van der Waals surface area contributed by atoms with Crippen LogP contribution in [0, 0.1) is 0 Å². The van der Waals surface area contributed by atoms with Crippen LogP contribution >= 0.6 is 0 Å². The number of amides is 1. The number of hydrogen-bond acceptors (Lipinski definition) is 5. The number of rotatable bonds is 6. The minimum absolute atomic E-state index is 0.148. The van der Waals surface area contributed by atoms with E-state index >= 15 is 0 Å². The molecule has 2 aliphatic heterocycles. The van der Waals surface area contributed by atoms with E-state index < -0.39 is 10.0 Å². The minimum atomic E-state index is -3.49. The third kappa shape index (κ3) is 4.38. The zero-order valence-electron chi connectivity index (χ0n) is 18.4. The molecule has 2 aromatic rings. The van der Waals surface area contributed by atoms with Crippen LogP contribution in [0.1, 0.15) is 30.4 Å². The number of piperidine rings is 1. The van der Waals surface area contributed by atoms with Crippen molar-refractivity contribution in [3.8, 4) is 11.5 Å². The van der Waals surface area contributed by atoms with E-state index in [4.69, 9.17) is 9.47 Å². The second-order valence-corrected chi connectivity index (χ2v) is 9.88. The number of sulfonamides is 1. The first-order valence-corrected chi connectivity index (χ1v) is 12.2. The van der Waals surface area contributed by atoms with Crippen LogP contribution in [0.5, 0.6) is 11.5 Å². The summed E-state index contributed by atoms with van der Waals surface area (Å²) in [5.74, 6) is 1.07. The zero-order chi connectivity index (χ0) is 22.7. The van der Waals surface area contributed by atoms with Gasteiger partial charge in [-0.2, -0.15) is 4.31 Å². The lowest BCUT2D eigenvalue weighted by atomic mass is 10.1. The van der Waals surface area contributed by atoms with E-state index in [-0.39, 0.29) is 5.91 Å². The SMILES string of the molecule is COc1ccc(/C=C/C(=O)N2CCc3cc(S(=O)(=O)N4CCCCC4)ccc32)cc1OC. The molecule has 1 fully saturated rings. The number of fused-ring (bicyclic) bond motifs is 1. The molecule has 8 heteroatoms. The van der Waals surface area contributed by atoms with E-state index in [0.717, 1.165) is 36.1 Å². The van der Waals surface area contributed by atoms with Gasteiger partial charge >= 0.3 is 0 Å². The fraction of sp³-hybridized carbons (Fsp3) is 0.375. The molecule has 2 aliphatic rings. The molecule has 0 unspecified atom stereocenters. The standard InChI is InChI=1S/C24H28N2O5S/c1-30-22-10-6-18(16-23(22)31-2)7-11-24(27)26-15-12-19-17-20(8-9-21(19)26)32(28,29)25-13-4-3-5-14-25/h6-11,16-17H,3-5,12-15H2,1-2H3/b11-7+. The molecular weight excluding hydrogens is 428 g/mol. The highest BCUT2D eigenvalue weighted by Gasteiger charge is 2.29. The Morgan fingerprint density at radius 1 is 0.938 bits per heavy atom. The zero-order valence-corrected chi connectivity index (χ0v) is 19.2. The number of hydrogen-bond donors (Lipinski definition) is 0. The highest BCUT2D eigenvalue weighted by atomic mass is 32.2. The van der Waals surface area contributed by atoms with Crippen LogP contribution < -0.4 is 14.4 Å². The molecule has 0 N–H and O–H groups in total. The van der Waals surface area contributed by atoms with Crippen molar-refractivity contribution in [1.29, 1.82) is 0 Å². The molecule has 0 bridgehead atoms. The molecule has 32 heavy (non-hydrogen) atoms. The summed E-state index contributed by atoms with van der Waals surface area (Å²) >= 11 is 0. The van der Waals surface area contributed by atoms with E-state index in [9.17, 15) is 13.2 Å². The second kappa shape index (κ2) is 9.34. The van der Waals surface area contributed by atoms with Crippen LogP contribution in [0.15, 0.2) is 47.4 Å². The van der Waals surface area contributed by atoms with E-state index in [1.54, 1.807) is 59.8 Å². The van der Waals surface area contributed by atoms with Gasteiger partial charge in [0, 0.05) is 31.4 Å². The first kappa shape index (κ1) is 22.4. The van der Waals surface area contributed by atoms with Crippen molar-refractivity contribution in [1.82, 2.24) is 4.31 Å². The van der Waals surface area contributed by atoms with Crippen LogP contribution in [0.2, 0.25) is 0 Å². The smallest absolute Gasteiger partial charge is 0.251 e. The molecule has 0 aliphatic carbocycles. The van der Waals surface area contributed by atoms with Gasteiger partial charge in [0.25, 0.3) is 5.91 Å². The Hall–Kier alpha value is -2.84. The number of benzene rings is 2. The Labute approximate surface area is 189 Å². The van der Waals surface area contributed by atoms with Gasteiger partial charge in [0.1, 0.15) is 0 Å². The van der Waals surface area contributed by atoms with Crippen LogP contribution in [0.4, 0.5) is 5.69 Å². The lowest BCUT2D eigenvalue weighted by molar-refractivity contribution is -0.114. The van der Waals surface area contributed by atoms with Crippen molar-refractivity contribution in [3.63, 3.8) is 0 Å². The molecule has 0 spiro atoms. The largest absolute Gasteiger partial charge is 0.493 e. The van der Waals surface area contributed by atoms with Crippen molar-refractivity contribution in [2.24, 2.45) is 0 Å². The van der Waals surface area contributed by atoms with Crippen LogP contribution in [-0.2, 0) is 21.2 Å². The predicted octanol–water partition coefficient (Wildman–Crippen LogP) is 3.48. The lowest BCUT2D eigenvalue weighted by Gasteiger charge is -2.26. The van der Waals surface area contributed by atoms with E-state index in [0.29, 0.717) is 42.4 Å². The van der Waals surface area contributed by atoms with Crippen molar-refractivity contribution in [2.45, 2.75) is 30.6 Å². The average Bonchev–Trinajstić information content (AvgIpc) is 3.26. The number of nitrogens with zero attached hydrogens (tertiary/aromatic N) is 2. The summed E-state index contributed by atoms with van der Waals surface area (Å²) in [4.78, 5) is 14.8. The molecule has 0 atom stereocenters. The maximum atomic E-state index is 13.0. The Kier molecular flexibility index (Phi) is 6.53. The molecule has 0 aromatic heterocycles. The van der Waals surface area contributed by atoms with E-state index in [1.807, 2.05) is 6.07 Å². The van der Waals surface area contributed by atoms with Gasteiger partial charge in [-0.1, -0.05) is 12.5 Å². The lowest BCUT2D eigenvalue weighted by Crippen LogP contribution is -2.35. The molecule has 0 saturated carbocycles. The first-order valence-electron chi connectivity index (χ1n) is 10.8. The van der Waals surface area contributed by atoms with Gasteiger partial charge in [0.05, 0.1) is 19.1 Å². The monoisotopic (exact) mass is 456 g/mol.